The van der Waals surface area contributed by atoms with Crippen LogP contribution in [0.5, 0.6) is 5.75 Å². The Kier molecular flexibility index (Phi) is 2.65. The lowest BCUT2D eigenvalue weighted by Gasteiger charge is -2.23. The third-order valence-electron chi connectivity index (χ3n) is 1.41. The van der Waals surface area contributed by atoms with Crippen molar-refractivity contribution in [2.75, 3.05) is 6.61 Å². The lowest BCUT2D eigenvalue weighted by atomic mass is 10.1. The van der Waals surface area contributed by atoms with E-state index in [0.717, 1.165) is 0 Å². The topological polar surface area (TPSA) is 42.4 Å². The molecule has 0 spiro atoms. The molecule has 0 aliphatic carbocycles. The summed E-state index contributed by atoms with van der Waals surface area (Å²) in [6, 6.07) is 3.60. The van der Waals surface area contributed by atoms with Gasteiger partial charge in [0.05, 0.1) is 12.8 Å². The molecule has 1 heterocycles. The molecule has 0 atom stereocenters. The van der Waals surface area contributed by atoms with E-state index in [1.54, 1.807) is 18.5 Å². The Bertz CT molecular complexity index is 234. The molecule has 12 heavy (non-hydrogen) atoms. The van der Waals surface area contributed by atoms with Gasteiger partial charge in [0.2, 0.25) is 0 Å². The number of nitrogens with zero attached hydrogens (tertiary/aromatic N) is 1. The van der Waals surface area contributed by atoms with Crippen molar-refractivity contribution in [2.45, 2.75) is 19.4 Å². The Hall–Kier alpha value is -1.09. The minimum atomic E-state index is -0.539. The molecule has 0 aliphatic heterocycles. The molecule has 1 aromatic heterocycles. The van der Waals surface area contributed by atoms with Gasteiger partial charge in [-0.2, -0.15) is 0 Å². The molecule has 1 rings (SSSR count). The fourth-order valence-electron chi connectivity index (χ4n) is 0.759. The molecular weight excluding hydrogens is 154 g/mol. The van der Waals surface area contributed by atoms with Gasteiger partial charge in [-0.05, 0) is 26.0 Å². The van der Waals surface area contributed by atoms with Gasteiger partial charge in [0.1, 0.15) is 11.4 Å². The molecule has 0 aliphatic rings. The number of aromatic nitrogens is 1. The van der Waals surface area contributed by atoms with Crippen LogP contribution in [-0.2, 0) is 0 Å². The first-order chi connectivity index (χ1) is 5.64. The predicted molar refractivity (Wildman–Crippen MR) is 46.0 cm³/mol. The number of ether oxygens (including phenoxy) is 1. The molecule has 0 saturated carbocycles. The van der Waals surface area contributed by atoms with E-state index in [1.165, 1.54) is 0 Å². The first-order valence-electron chi connectivity index (χ1n) is 3.84. The maximum Gasteiger partial charge on any atom is 0.138 e. The van der Waals surface area contributed by atoms with Crippen LogP contribution in [0.1, 0.15) is 13.8 Å². The summed E-state index contributed by atoms with van der Waals surface area (Å²) in [4.78, 5) is 3.90. The van der Waals surface area contributed by atoms with Gasteiger partial charge in [-0.15, -0.1) is 0 Å². The van der Waals surface area contributed by atoms with Crippen LogP contribution < -0.4 is 4.74 Å². The van der Waals surface area contributed by atoms with Gasteiger partial charge in [-0.25, -0.2) is 0 Å². The fourth-order valence-corrected chi connectivity index (χ4v) is 0.759. The van der Waals surface area contributed by atoms with Crippen molar-refractivity contribution < 1.29 is 9.84 Å². The average Bonchev–Trinajstić information content (AvgIpc) is 2.06. The van der Waals surface area contributed by atoms with Gasteiger partial charge < -0.3 is 9.84 Å². The van der Waals surface area contributed by atoms with Crippen molar-refractivity contribution in [1.82, 2.24) is 4.98 Å². The zero-order chi connectivity index (χ0) is 9.03. The molecule has 0 radical (unpaired) electrons. The lowest BCUT2D eigenvalue weighted by Crippen LogP contribution is -2.32. The number of aliphatic hydroxyl groups excluding tert-OH is 1. The molecule has 0 saturated heterocycles. The summed E-state index contributed by atoms with van der Waals surface area (Å²) in [5.74, 6) is 0.677. The number of hydrogen-bond donors (Lipinski definition) is 1. The van der Waals surface area contributed by atoms with Crippen LogP contribution in [-0.4, -0.2) is 22.3 Å². The smallest absolute Gasteiger partial charge is 0.138 e. The highest BCUT2D eigenvalue weighted by Crippen LogP contribution is 2.15. The van der Waals surface area contributed by atoms with Crippen molar-refractivity contribution in [1.29, 1.82) is 0 Å². The maximum atomic E-state index is 8.91. The standard InChI is InChI=1S/C9H13NO2/c1-9(2,7-11)12-8-4-3-5-10-6-8/h3-6,11H,7H2,1-2H3. The molecule has 3 nitrogen and oxygen atoms in total. The van der Waals surface area contributed by atoms with E-state index < -0.39 is 5.60 Å². The monoisotopic (exact) mass is 167 g/mol. The van der Waals surface area contributed by atoms with Gasteiger partial charge in [0.15, 0.2) is 0 Å². The van der Waals surface area contributed by atoms with E-state index in [1.807, 2.05) is 19.9 Å². The molecule has 1 aromatic rings. The maximum absolute atomic E-state index is 8.91. The summed E-state index contributed by atoms with van der Waals surface area (Å²) < 4.78 is 5.44. The van der Waals surface area contributed by atoms with Crippen molar-refractivity contribution in [3.8, 4) is 5.75 Å². The van der Waals surface area contributed by atoms with Crippen LogP contribution in [0.15, 0.2) is 24.5 Å². The minimum Gasteiger partial charge on any atom is -0.484 e. The zero-order valence-electron chi connectivity index (χ0n) is 7.32. The van der Waals surface area contributed by atoms with E-state index in [2.05, 4.69) is 4.98 Å². The van der Waals surface area contributed by atoms with Crippen LogP contribution in [0, 0.1) is 0 Å². The third kappa shape index (κ3) is 2.51. The van der Waals surface area contributed by atoms with Gasteiger partial charge in [0.25, 0.3) is 0 Å². The van der Waals surface area contributed by atoms with Crippen LogP contribution >= 0.6 is 0 Å². The summed E-state index contributed by atoms with van der Waals surface area (Å²) in [5, 5.41) is 8.91. The van der Waals surface area contributed by atoms with Crippen LogP contribution in [0.3, 0.4) is 0 Å². The highest BCUT2D eigenvalue weighted by Gasteiger charge is 2.17. The van der Waals surface area contributed by atoms with E-state index in [4.69, 9.17) is 9.84 Å². The summed E-state index contributed by atoms with van der Waals surface area (Å²) in [7, 11) is 0. The van der Waals surface area contributed by atoms with Crippen molar-refractivity contribution >= 4 is 0 Å². The van der Waals surface area contributed by atoms with E-state index in [0.29, 0.717) is 5.75 Å². The van der Waals surface area contributed by atoms with Gasteiger partial charge in [-0.1, -0.05) is 0 Å². The normalized spacial score (nSPS) is 11.2. The third-order valence-corrected chi connectivity index (χ3v) is 1.41. The molecule has 0 fully saturated rings. The Balaban J connectivity index is 2.64. The van der Waals surface area contributed by atoms with Gasteiger partial charge in [0, 0.05) is 6.20 Å². The van der Waals surface area contributed by atoms with Crippen LogP contribution in [0.2, 0.25) is 0 Å². The Morgan fingerprint density at radius 1 is 1.58 bits per heavy atom. The Labute approximate surface area is 72.0 Å². The first kappa shape index (κ1) is 9.00. The lowest BCUT2D eigenvalue weighted by molar-refractivity contribution is 0.0409. The second-order valence-corrected chi connectivity index (χ2v) is 3.21. The Morgan fingerprint density at radius 2 is 2.33 bits per heavy atom. The largest absolute Gasteiger partial charge is 0.484 e. The molecule has 66 valence electrons. The second kappa shape index (κ2) is 3.54. The predicted octanol–water partition coefficient (Wildman–Crippen LogP) is 1.23. The van der Waals surface area contributed by atoms with E-state index in [9.17, 15) is 0 Å². The molecule has 1 N–H and O–H groups in total. The zero-order valence-corrected chi connectivity index (χ0v) is 7.32. The molecule has 0 unspecified atom stereocenters. The van der Waals surface area contributed by atoms with Crippen molar-refractivity contribution in [2.24, 2.45) is 0 Å². The summed E-state index contributed by atoms with van der Waals surface area (Å²) >= 11 is 0. The molecule has 0 amide bonds. The summed E-state index contributed by atoms with van der Waals surface area (Å²) in [6.45, 7) is 3.63. The Morgan fingerprint density at radius 3 is 2.83 bits per heavy atom. The van der Waals surface area contributed by atoms with E-state index >= 15 is 0 Å². The fraction of sp³-hybridized carbons (Fsp3) is 0.444. The number of rotatable bonds is 3. The van der Waals surface area contributed by atoms with Crippen molar-refractivity contribution in [3.05, 3.63) is 24.5 Å². The van der Waals surface area contributed by atoms with Crippen molar-refractivity contribution in [3.63, 3.8) is 0 Å². The summed E-state index contributed by atoms with van der Waals surface area (Å²) in [5.41, 5.74) is -0.539. The van der Waals surface area contributed by atoms with E-state index in [-0.39, 0.29) is 6.61 Å². The summed E-state index contributed by atoms with van der Waals surface area (Å²) in [6.07, 6.45) is 3.30. The highest BCUT2D eigenvalue weighted by atomic mass is 16.5. The first-order valence-corrected chi connectivity index (χ1v) is 3.84. The quantitative estimate of drug-likeness (QED) is 0.736. The van der Waals surface area contributed by atoms with Gasteiger partial charge in [-0.3, -0.25) is 4.98 Å². The minimum absolute atomic E-state index is 0.0120. The highest BCUT2D eigenvalue weighted by molar-refractivity contribution is 5.16. The van der Waals surface area contributed by atoms with Crippen LogP contribution in [0.4, 0.5) is 0 Å². The van der Waals surface area contributed by atoms with Gasteiger partial charge >= 0.3 is 0 Å². The average molecular weight is 167 g/mol. The number of pyridine rings is 1. The second-order valence-electron chi connectivity index (χ2n) is 3.21. The molecular formula is C9H13NO2. The number of aliphatic hydroxyl groups is 1. The SMILES string of the molecule is CC(C)(CO)Oc1cccnc1. The molecule has 3 heteroatoms. The number of hydrogen-bond acceptors (Lipinski definition) is 3. The van der Waals surface area contributed by atoms with Crippen LogP contribution in [0.25, 0.3) is 0 Å². The molecule has 0 aromatic carbocycles. The molecule has 0 bridgehead atoms.